The van der Waals surface area contributed by atoms with E-state index >= 15 is 0 Å². The molecule has 2 aliphatic rings. The highest BCUT2D eigenvalue weighted by molar-refractivity contribution is 5.77. The molecule has 2 aromatic rings. The Hall–Kier alpha value is -1.69. The van der Waals surface area contributed by atoms with Gasteiger partial charge in [0.25, 0.3) is 0 Å². The fourth-order valence-corrected chi connectivity index (χ4v) is 4.11. The first-order chi connectivity index (χ1) is 11.5. The van der Waals surface area contributed by atoms with E-state index in [1.165, 1.54) is 0 Å². The van der Waals surface area contributed by atoms with Crippen LogP contribution in [0.25, 0.3) is 11.0 Å². The van der Waals surface area contributed by atoms with Gasteiger partial charge in [0.05, 0.1) is 17.8 Å². The maximum Gasteiger partial charge on any atom is 0.197 e. The predicted octanol–water partition coefficient (Wildman–Crippen LogP) is 1.74. The van der Waals surface area contributed by atoms with Crippen LogP contribution in [0.3, 0.4) is 0 Å². The summed E-state index contributed by atoms with van der Waals surface area (Å²) in [4.78, 5) is 17.5. The van der Waals surface area contributed by atoms with Crippen molar-refractivity contribution in [3.8, 4) is 0 Å². The lowest BCUT2D eigenvalue weighted by atomic mass is 10.1. The molecular weight excluding hydrogens is 304 g/mol. The van der Waals surface area contributed by atoms with Crippen LogP contribution in [-0.4, -0.2) is 52.7 Å². The number of aliphatic hydroxyl groups is 1. The Morgan fingerprint density at radius 2 is 2.12 bits per heavy atom. The Morgan fingerprint density at radius 3 is 2.96 bits per heavy atom. The van der Waals surface area contributed by atoms with Crippen molar-refractivity contribution in [2.24, 2.45) is 0 Å². The lowest BCUT2D eigenvalue weighted by molar-refractivity contribution is 0.0523. The summed E-state index contributed by atoms with van der Waals surface area (Å²) in [5.74, 6) is 0. The molecular formula is C19H24N2O3. The summed E-state index contributed by atoms with van der Waals surface area (Å²) in [7, 11) is 0. The molecule has 0 saturated carbocycles. The molecule has 2 aliphatic heterocycles. The van der Waals surface area contributed by atoms with E-state index < -0.39 is 0 Å². The number of piperazine rings is 1. The highest BCUT2D eigenvalue weighted by Crippen LogP contribution is 2.26. The van der Waals surface area contributed by atoms with Crippen LogP contribution in [-0.2, 0) is 6.54 Å². The zero-order valence-electron chi connectivity index (χ0n) is 14.2. The van der Waals surface area contributed by atoms with Crippen molar-refractivity contribution < 1.29 is 9.52 Å². The summed E-state index contributed by atoms with van der Waals surface area (Å²) in [5, 5.41) is 10.5. The third-order valence-corrected chi connectivity index (χ3v) is 5.45. The molecule has 3 atom stereocenters. The summed E-state index contributed by atoms with van der Waals surface area (Å²) in [6.07, 6.45) is 2.23. The van der Waals surface area contributed by atoms with Crippen molar-refractivity contribution in [2.45, 2.75) is 45.0 Å². The molecule has 2 fully saturated rings. The maximum atomic E-state index is 12.8. The molecule has 0 radical (unpaired) electrons. The van der Waals surface area contributed by atoms with Crippen molar-refractivity contribution in [3.63, 3.8) is 0 Å². The molecule has 4 rings (SSSR count). The lowest BCUT2D eigenvalue weighted by Crippen LogP contribution is -2.54. The van der Waals surface area contributed by atoms with Crippen LogP contribution >= 0.6 is 0 Å². The maximum absolute atomic E-state index is 12.8. The zero-order valence-corrected chi connectivity index (χ0v) is 14.2. The molecule has 3 heterocycles. The van der Waals surface area contributed by atoms with Gasteiger partial charge in [0.15, 0.2) is 5.43 Å². The fraction of sp³-hybridized carbons (Fsp3) is 0.526. The molecule has 0 spiro atoms. The highest BCUT2D eigenvalue weighted by Gasteiger charge is 2.38. The smallest absolute Gasteiger partial charge is 0.197 e. The van der Waals surface area contributed by atoms with E-state index in [-0.39, 0.29) is 11.5 Å². The number of aliphatic hydroxyl groups excluding tert-OH is 1. The minimum Gasteiger partial charge on any atom is -0.464 e. The second-order valence-electron chi connectivity index (χ2n) is 7.37. The SMILES string of the molecule is Cc1ccc2occ(CN3CC4C[C@@H](O)CN4C[C@@H]3C)c(=O)c2c1. The number of nitrogens with zero attached hydrogens (tertiary/aromatic N) is 2. The number of benzene rings is 1. The standard InChI is InChI=1S/C19H24N2O3/c1-12-3-4-18-17(5-12)19(23)14(11-24-18)8-20-9-15-6-16(22)10-21(15)7-13(20)2/h3-5,11,13,15-16,22H,6-10H2,1-2H3/t13-,15?,16+/m0/s1. The van der Waals surface area contributed by atoms with Crippen molar-refractivity contribution in [1.82, 2.24) is 9.80 Å². The van der Waals surface area contributed by atoms with Crippen molar-refractivity contribution in [1.29, 1.82) is 0 Å². The molecule has 5 nitrogen and oxygen atoms in total. The average molecular weight is 328 g/mol. The first-order valence-electron chi connectivity index (χ1n) is 8.68. The number of hydrogen-bond acceptors (Lipinski definition) is 5. The molecule has 0 bridgehead atoms. The predicted molar refractivity (Wildman–Crippen MR) is 93.1 cm³/mol. The first-order valence-corrected chi connectivity index (χ1v) is 8.68. The van der Waals surface area contributed by atoms with Gasteiger partial charge in [0.1, 0.15) is 5.58 Å². The Morgan fingerprint density at radius 1 is 1.29 bits per heavy atom. The molecule has 1 aromatic carbocycles. The third-order valence-electron chi connectivity index (χ3n) is 5.45. The van der Waals surface area contributed by atoms with Gasteiger partial charge in [0.2, 0.25) is 0 Å². The van der Waals surface area contributed by atoms with Gasteiger partial charge >= 0.3 is 0 Å². The van der Waals surface area contributed by atoms with Gasteiger partial charge in [-0.15, -0.1) is 0 Å². The molecule has 1 aromatic heterocycles. The zero-order chi connectivity index (χ0) is 16.8. The highest BCUT2D eigenvalue weighted by atomic mass is 16.3. The van der Waals surface area contributed by atoms with Crippen LogP contribution in [0.1, 0.15) is 24.5 Å². The van der Waals surface area contributed by atoms with Crippen LogP contribution in [0.5, 0.6) is 0 Å². The van der Waals surface area contributed by atoms with Gasteiger partial charge in [-0.2, -0.15) is 0 Å². The van der Waals surface area contributed by atoms with E-state index in [9.17, 15) is 9.90 Å². The van der Waals surface area contributed by atoms with E-state index in [0.717, 1.165) is 31.6 Å². The summed E-state index contributed by atoms with van der Waals surface area (Å²) < 4.78 is 5.68. The van der Waals surface area contributed by atoms with Crippen molar-refractivity contribution in [2.75, 3.05) is 19.6 Å². The van der Waals surface area contributed by atoms with E-state index in [2.05, 4.69) is 16.7 Å². The minimum atomic E-state index is -0.212. The fourth-order valence-electron chi connectivity index (χ4n) is 4.11. The van der Waals surface area contributed by atoms with Crippen LogP contribution in [0.4, 0.5) is 0 Å². The van der Waals surface area contributed by atoms with Crippen LogP contribution in [0, 0.1) is 6.92 Å². The normalized spacial score (nSPS) is 28.4. The number of hydrogen-bond donors (Lipinski definition) is 1. The second-order valence-corrected chi connectivity index (χ2v) is 7.37. The first kappa shape index (κ1) is 15.8. The Kier molecular flexibility index (Phi) is 3.95. The average Bonchev–Trinajstić information content (AvgIpc) is 2.89. The van der Waals surface area contributed by atoms with Gasteiger partial charge < -0.3 is 9.52 Å². The summed E-state index contributed by atoms with van der Waals surface area (Å²) in [5.41, 5.74) is 2.49. The second kappa shape index (κ2) is 5.99. The molecule has 5 heteroatoms. The Bertz CT molecular complexity index is 816. The molecule has 0 aliphatic carbocycles. The minimum absolute atomic E-state index is 0.0704. The van der Waals surface area contributed by atoms with Gasteiger partial charge in [-0.05, 0) is 32.4 Å². The van der Waals surface area contributed by atoms with Crippen molar-refractivity contribution in [3.05, 3.63) is 45.8 Å². The largest absolute Gasteiger partial charge is 0.464 e. The van der Waals surface area contributed by atoms with E-state index in [0.29, 0.717) is 35.2 Å². The van der Waals surface area contributed by atoms with Gasteiger partial charge in [-0.25, -0.2) is 0 Å². The van der Waals surface area contributed by atoms with Crippen LogP contribution in [0.2, 0.25) is 0 Å². The monoisotopic (exact) mass is 328 g/mol. The topological polar surface area (TPSA) is 56.9 Å². The Labute approximate surface area is 141 Å². The van der Waals surface area contributed by atoms with E-state index in [1.54, 1.807) is 6.26 Å². The molecule has 1 N–H and O–H groups in total. The molecule has 0 amide bonds. The lowest BCUT2D eigenvalue weighted by Gasteiger charge is -2.42. The van der Waals surface area contributed by atoms with Crippen LogP contribution < -0.4 is 5.43 Å². The van der Waals surface area contributed by atoms with Gasteiger partial charge in [-0.1, -0.05) is 11.6 Å². The summed E-state index contributed by atoms with van der Waals surface area (Å²) >= 11 is 0. The Balaban J connectivity index is 1.60. The number of fused-ring (bicyclic) bond motifs is 2. The summed E-state index contributed by atoms with van der Waals surface area (Å²) in [6.45, 7) is 7.39. The van der Waals surface area contributed by atoms with Crippen LogP contribution in [0.15, 0.2) is 33.7 Å². The summed E-state index contributed by atoms with van der Waals surface area (Å²) in [6, 6.07) is 6.47. The molecule has 24 heavy (non-hydrogen) atoms. The van der Waals surface area contributed by atoms with Gasteiger partial charge in [-0.3, -0.25) is 14.6 Å². The number of rotatable bonds is 2. The molecule has 2 saturated heterocycles. The van der Waals surface area contributed by atoms with Gasteiger partial charge in [0, 0.05) is 43.8 Å². The third kappa shape index (κ3) is 2.77. The van der Waals surface area contributed by atoms with Crippen molar-refractivity contribution >= 4 is 11.0 Å². The van der Waals surface area contributed by atoms with E-state index in [1.807, 2.05) is 25.1 Å². The number of aryl methyl sites for hydroxylation is 1. The molecule has 128 valence electrons. The quantitative estimate of drug-likeness (QED) is 0.910. The van der Waals surface area contributed by atoms with E-state index in [4.69, 9.17) is 4.42 Å². The molecule has 1 unspecified atom stereocenters.